The number of amides is 1. The van der Waals surface area contributed by atoms with E-state index in [1.165, 1.54) is 12.8 Å². The number of nitrogens with one attached hydrogen (secondary N) is 1. The van der Waals surface area contributed by atoms with Crippen LogP contribution in [0.25, 0.3) is 11.3 Å². The Morgan fingerprint density at radius 1 is 1.33 bits per heavy atom. The minimum atomic E-state index is 0.207. The van der Waals surface area contributed by atoms with Crippen LogP contribution in [0.3, 0.4) is 0 Å². The molecule has 1 saturated carbocycles. The third-order valence-electron chi connectivity index (χ3n) is 5.18. The first kappa shape index (κ1) is 17.2. The van der Waals surface area contributed by atoms with Gasteiger partial charge in [0.15, 0.2) is 0 Å². The van der Waals surface area contributed by atoms with Crippen LogP contribution in [-0.2, 0) is 11.3 Å². The normalized spacial score (nSPS) is 21.1. The zero-order chi connectivity index (χ0) is 16.9. The summed E-state index contributed by atoms with van der Waals surface area (Å²) in [7, 11) is 0. The highest BCUT2D eigenvalue weighted by atomic mass is 32.1. The van der Waals surface area contributed by atoms with Crippen molar-refractivity contribution in [3.05, 3.63) is 29.1 Å². The van der Waals surface area contributed by atoms with Crippen molar-refractivity contribution in [1.82, 2.24) is 15.1 Å². The molecule has 4 nitrogen and oxygen atoms in total. The fourth-order valence-corrected chi connectivity index (χ4v) is 4.19. The van der Waals surface area contributed by atoms with Crippen molar-refractivity contribution in [3.8, 4) is 11.3 Å². The summed E-state index contributed by atoms with van der Waals surface area (Å²) in [5.41, 5.74) is 2.15. The van der Waals surface area contributed by atoms with Gasteiger partial charge in [-0.1, -0.05) is 13.8 Å². The molecule has 0 saturated heterocycles. The molecule has 130 valence electrons. The van der Waals surface area contributed by atoms with Crippen LogP contribution >= 0.6 is 11.3 Å². The first-order valence-electron chi connectivity index (χ1n) is 8.97. The molecular formula is C19H27N3OS. The summed E-state index contributed by atoms with van der Waals surface area (Å²) in [4.78, 5) is 12.3. The molecule has 0 bridgehead atoms. The van der Waals surface area contributed by atoms with Gasteiger partial charge in [0.2, 0.25) is 5.91 Å². The van der Waals surface area contributed by atoms with Gasteiger partial charge in [0, 0.05) is 29.6 Å². The van der Waals surface area contributed by atoms with Gasteiger partial charge in [-0.15, -0.1) is 0 Å². The Labute approximate surface area is 148 Å². The number of thiophene rings is 1. The lowest BCUT2D eigenvalue weighted by Crippen LogP contribution is -2.35. The van der Waals surface area contributed by atoms with E-state index < -0.39 is 0 Å². The van der Waals surface area contributed by atoms with Crippen LogP contribution in [0.4, 0.5) is 0 Å². The predicted molar refractivity (Wildman–Crippen MR) is 98.8 cm³/mol. The van der Waals surface area contributed by atoms with Crippen molar-refractivity contribution in [2.75, 3.05) is 6.54 Å². The monoisotopic (exact) mass is 345 g/mol. The van der Waals surface area contributed by atoms with Crippen LogP contribution in [0.2, 0.25) is 0 Å². The minimum Gasteiger partial charge on any atom is -0.354 e. The second kappa shape index (κ2) is 7.97. The van der Waals surface area contributed by atoms with E-state index in [0.29, 0.717) is 6.54 Å². The molecule has 1 aliphatic carbocycles. The van der Waals surface area contributed by atoms with Crippen molar-refractivity contribution >= 4 is 17.2 Å². The zero-order valence-corrected chi connectivity index (χ0v) is 15.4. The maximum absolute atomic E-state index is 12.3. The quantitative estimate of drug-likeness (QED) is 0.853. The van der Waals surface area contributed by atoms with E-state index in [-0.39, 0.29) is 11.8 Å². The van der Waals surface area contributed by atoms with Gasteiger partial charge in [-0.05, 0) is 55.0 Å². The molecule has 1 fully saturated rings. The Hall–Kier alpha value is -1.62. The van der Waals surface area contributed by atoms with Gasteiger partial charge in [0.1, 0.15) is 0 Å². The molecule has 3 rings (SSSR count). The predicted octanol–water partition coefficient (Wildman–Crippen LogP) is 4.19. The molecule has 0 unspecified atom stereocenters. The molecule has 2 aromatic rings. The molecule has 5 heteroatoms. The molecule has 0 aromatic carbocycles. The first-order chi connectivity index (χ1) is 11.6. The summed E-state index contributed by atoms with van der Waals surface area (Å²) in [6, 6.07) is 4.10. The molecule has 0 atom stereocenters. The van der Waals surface area contributed by atoms with Gasteiger partial charge in [0.25, 0.3) is 0 Å². The Morgan fingerprint density at radius 3 is 2.79 bits per heavy atom. The van der Waals surface area contributed by atoms with Crippen molar-refractivity contribution in [2.45, 2.75) is 46.1 Å². The second-order valence-electron chi connectivity index (χ2n) is 7.12. The van der Waals surface area contributed by atoms with E-state index >= 15 is 0 Å². The average molecular weight is 346 g/mol. The number of hydrogen-bond donors (Lipinski definition) is 1. The number of carbonyl (C=O) groups excluding carboxylic acids is 1. The number of carbonyl (C=O) groups is 1. The first-order valence-corrected chi connectivity index (χ1v) is 9.91. The summed E-state index contributed by atoms with van der Waals surface area (Å²) < 4.78 is 1.91. The third-order valence-corrected chi connectivity index (χ3v) is 5.87. The van der Waals surface area contributed by atoms with Crippen molar-refractivity contribution in [1.29, 1.82) is 0 Å². The molecule has 0 aliphatic heterocycles. The Balaban J connectivity index is 1.41. The maximum Gasteiger partial charge on any atom is 0.223 e. The Kier molecular flexibility index (Phi) is 5.72. The third kappa shape index (κ3) is 4.26. The molecular weight excluding hydrogens is 318 g/mol. The van der Waals surface area contributed by atoms with Crippen molar-refractivity contribution < 1.29 is 4.79 Å². The van der Waals surface area contributed by atoms with Gasteiger partial charge in [-0.2, -0.15) is 16.4 Å². The van der Waals surface area contributed by atoms with E-state index in [1.54, 1.807) is 11.3 Å². The molecule has 2 aromatic heterocycles. The molecule has 24 heavy (non-hydrogen) atoms. The number of aromatic nitrogens is 2. The Bertz CT molecular complexity index is 639. The van der Waals surface area contributed by atoms with Crippen molar-refractivity contribution in [2.24, 2.45) is 17.8 Å². The highest BCUT2D eigenvalue weighted by Crippen LogP contribution is 2.33. The zero-order valence-electron chi connectivity index (χ0n) is 14.6. The van der Waals surface area contributed by atoms with Crippen LogP contribution in [0.1, 0.15) is 39.5 Å². The molecule has 0 spiro atoms. The number of nitrogens with zero attached hydrogens (tertiary/aromatic N) is 2. The molecule has 0 radical (unpaired) electrons. The maximum atomic E-state index is 12.3. The topological polar surface area (TPSA) is 46.9 Å². The van der Waals surface area contributed by atoms with Gasteiger partial charge in [-0.3, -0.25) is 9.48 Å². The largest absolute Gasteiger partial charge is 0.354 e. The van der Waals surface area contributed by atoms with Crippen LogP contribution in [0.15, 0.2) is 29.1 Å². The lowest BCUT2D eigenvalue weighted by atomic mass is 9.77. The number of rotatable bonds is 6. The van der Waals surface area contributed by atoms with E-state index in [0.717, 1.165) is 42.5 Å². The lowest BCUT2D eigenvalue weighted by Gasteiger charge is -2.30. The number of hydrogen-bond acceptors (Lipinski definition) is 3. The van der Waals surface area contributed by atoms with Crippen molar-refractivity contribution in [3.63, 3.8) is 0 Å². The Morgan fingerprint density at radius 2 is 2.12 bits per heavy atom. The fourth-order valence-electron chi connectivity index (χ4n) is 3.54. The lowest BCUT2D eigenvalue weighted by molar-refractivity contribution is -0.126. The van der Waals surface area contributed by atoms with Crippen LogP contribution in [0, 0.1) is 17.8 Å². The van der Waals surface area contributed by atoms with E-state index in [1.807, 2.05) is 16.9 Å². The van der Waals surface area contributed by atoms with E-state index in [9.17, 15) is 4.79 Å². The molecule has 1 amide bonds. The standard InChI is InChI=1S/C19H27N3OS/c1-14(2)15-3-5-16(6-4-15)19(23)20-9-11-22-10-7-18(21-22)17-8-12-24-13-17/h7-8,10,12-16H,3-6,9,11H2,1-2H3,(H,20,23). The van der Waals surface area contributed by atoms with Gasteiger partial charge in [0.05, 0.1) is 12.2 Å². The van der Waals surface area contributed by atoms with Gasteiger partial charge >= 0.3 is 0 Å². The average Bonchev–Trinajstić information content (AvgIpc) is 3.26. The van der Waals surface area contributed by atoms with Gasteiger partial charge in [-0.25, -0.2) is 0 Å². The van der Waals surface area contributed by atoms with E-state index in [4.69, 9.17) is 0 Å². The summed E-state index contributed by atoms with van der Waals surface area (Å²) in [6.45, 7) is 5.95. The highest BCUT2D eigenvalue weighted by molar-refractivity contribution is 7.08. The second-order valence-corrected chi connectivity index (χ2v) is 7.90. The van der Waals surface area contributed by atoms with Crippen LogP contribution < -0.4 is 5.32 Å². The summed E-state index contributed by atoms with van der Waals surface area (Å²) in [5.74, 6) is 1.97. The SMILES string of the molecule is CC(C)C1CCC(C(=O)NCCn2ccc(-c3ccsc3)n2)CC1. The summed E-state index contributed by atoms with van der Waals surface area (Å²) in [6.07, 6.45) is 6.45. The molecule has 1 N–H and O–H groups in total. The van der Waals surface area contributed by atoms with Crippen LogP contribution in [0.5, 0.6) is 0 Å². The molecule has 2 heterocycles. The summed E-state index contributed by atoms with van der Waals surface area (Å²) >= 11 is 1.68. The van der Waals surface area contributed by atoms with Crippen LogP contribution in [-0.4, -0.2) is 22.2 Å². The minimum absolute atomic E-state index is 0.207. The van der Waals surface area contributed by atoms with Gasteiger partial charge < -0.3 is 5.32 Å². The van der Waals surface area contributed by atoms with E-state index in [2.05, 4.69) is 41.1 Å². The smallest absolute Gasteiger partial charge is 0.223 e. The highest BCUT2D eigenvalue weighted by Gasteiger charge is 2.27. The molecule has 1 aliphatic rings. The fraction of sp³-hybridized carbons (Fsp3) is 0.579. The summed E-state index contributed by atoms with van der Waals surface area (Å²) in [5, 5.41) is 11.8.